The number of halogens is 6. The van der Waals surface area contributed by atoms with Crippen LogP contribution in [0.3, 0.4) is 0 Å². The minimum atomic E-state index is -5.05. The Bertz CT molecular complexity index is 4940. The van der Waals surface area contributed by atoms with E-state index in [1.54, 1.807) is 0 Å². The Balaban J connectivity index is 0.000000142. The molecule has 15 aromatic carbocycles. The Hall–Kier alpha value is -10.6. The highest BCUT2D eigenvalue weighted by atomic mass is 31.2. The van der Waals surface area contributed by atoms with E-state index in [1.807, 2.05) is 60.7 Å². The molecule has 0 aliphatic heterocycles. The smallest absolute Gasteiger partial charge is 0.416 e. The number of fused-ring (bicyclic) bond motifs is 6. The Morgan fingerprint density at radius 1 is 0.306 bits per heavy atom. The van der Waals surface area contributed by atoms with Crippen molar-refractivity contribution in [3.05, 3.63) is 356 Å². The molecule has 0 unspecified atom stereocenters. The van der Waals surface area contributed by atoms with Crippen LogP contribution in [0.5, 0.6) is 5.75 Å². The van der Waals surface area contributed by atoms with Crippen LogP contribution in [0, 0.1) is 0 Å². The van der Waals surface area contributed by atoms with Gasteiger partial charge in [-0.3, -0.25) is 9.59 Å². The molecular weight excluding hydrogens is 1280 g/mol. The van der Waals surface area contributed by atoms with E-state index in [1.165, 1.54) is 96.5 Å². The number of benzene rings is 15. The van der Waals surface area contributed by atoms with Crippen molar-refractivity contribution < 1.29 is 50.6 Å². The van der Waals surface area contributed by atoms with Gasteiger partial charge in [0.05, 0.1) is 16.9 Å². The molecular formula is C84H59BF6O5P2. The molecule has 0 aromatic heterocycles. The third-order valence-corrected chi connectivity index (χ3v) is 26.4. The first-order valence-electron chi connectivity index (χ1n) is 31.6. The summed E-state index contributed by atoms with van der Waals surface area (Å²) in [6, 6.07) is 111. The van der Waals surface area contributed by atoms with Crippen molar-refractivity contribution in [3.8, 4) is 5.75 Å². The van der Waals surface area contributed by atoms with Crippen LogP contribution in [0.2, 0.25) is 0 Å². The van der Waals surface area contributed by atoms with E-state index in [0.29, 0.717) is 12.3 Å². The van der Waals surface area contributed by atoms with E-state index in [0.717, 1.165) is 11.1 Å². The fourth-order valence-electron chi connectivity index (χ4n) is 13.3. The maximum absolute atomic E-state index is 14.3. The van der Waals surface area contributed by atoms with Crippen LogP contribution in [0.1, 0.15) is 31.8 Å². The Labute approximate surface area is 563 Å². The molecule has 0 saturated carbocycles. The lowest BCUT2D eigenvalue weighted by atomic mass is 9.99. The van der Waals surface area contributed by atoms with Gasteiger partial charge in [-0.2, -0.15) is 26.3 Å². The first-order chi connectivity index (χ1) is 47.5. The van der Waals surface area contributed by atoms with Crippen molar-refractivity contribution in [3.63, 3.8) is 0 Å². The monoisotopic (exact) mass is 1330 g/mol. The van der Waals surface area contributed by atoms with Crippen molar-refractivity contribution in [1.82, 2.24) is 0 Å². The molecule has 0 heterocycles. The van der Waals surface area contributed by atoms with E-state index in [2.05, 4.69) is 259 Å². The summed E-state index contributed by atoms with van der Waals surface area (Å²) in [4.78, 5) is 28.6. The van der Waals surface area contributed by atoms with Crippen molar-refractivity contribution in [2.45, 2.75) is 12.4 Å². The molecule has 0 radical (unpaired) electrons. The predicted molar refractivity (Wildman–Crippen MR) is 389 cm³/mol. The van der Waals surface area contributed by atoms with Crippen molar-refractivity contribution in [1.29, 1.82) is 0 Å². The Morgan fingerprint density at radius 2 is 0.571 bits per heavy atom. The van der Waals surface area contributed by atoms with Crippen molar-refractivity contribution >= 4 is 130 Å². The zero-order valence-corrected chi connectivity index (χ0v) is 54.2. The van der Waals surface area contributed by atoms with E-state index in [9.17, 15) is 46.0 Å². The first kappa shape index (κ1) is 66.1. The lowest BCUT2D eigenvalue weighted by Gasteiger charge is -2.29. The summed E-state index contributed by atoms with van der Waals surface area (Å²) in [5.41, 5.74) is -1.80. The summed E-state index contributed by atoms with van der Waals surface area (Å²) in [5, 5.41) is 42.1. The zero-order chi connectivity index (χ0) is 68.0. The van der Waals surface area contributed by atoms with E-state index >= 15 is 0 Å². The Kier molecular flexibility index (Phi) is 19.0. The van der Waals surface area contributed by atoms with Gasteiger partial charge < -0.3 is 14.7 Å². The van der Waals surface area contributed by atoms with Gasteiger partial charge in [-0.05, 0) is 146 Å². The summed E-state index contributed by atoms with van der Waals surface area (Å²) >= 11 is 0. The third kappa shape index (κ3) is 13.6. The van der Waals surface area contributed by atoms with Crippen LogP contribution in [0.15, 0.2) is 334 Å². The minimum Gasteiger partial charge on any atom is -0.860 e. The van der Waals surface area contributed by atoms with E-state index in [4.69, 9.17) is 0 Å². The van der Waals surface area contributed by atoms with Crippen LogP contribution in [0.4, 0.5) is 26.3 Å². The summed E-state index contributed by atoms with van der Waals surface area (Å²) in [6.07, 6.45) is -9.27. The number of hydrogen-bond donors (Lipinski definition) is 0. The van der Waals surface area contributed by atoms with Gasteiger partial charge in [0.15, 0.2) is 0 Å². The number of hydrogen-bond acceptors (Lipinski definition) is 5. The number of carbonyl (C=O) groups excluding carboxylic acids is 2. The fourth-order valence-corrected chi connectivity index (χ4v) is 22.4. The predicted octanol–water partition coefficient (Wildman–Crippen LogP) is 17.5. The Morgan fingerprint density at radius 3 is 0.878 bits per heavy atom. The average Bonchev–Trinajstić information content (AvgIpc) is 0.722. The standard InChI is InChI=1S/2C38H28OP.C8H3BF6O3/c2*39-37(28-14-4-1-5-15-28)27-40(33-19-6-2-7-20-33,34-21-8-3-9-22-34)38-35-23-13-12-18-31(35)25-32-24-29-16-10-11-17-30(29)26-36(32)38;10-7(11,12)4-1-5(8(13,14)15)3-6(2-4)18-9(16)17/h2*1-26H,27H2;1-3H/q2*+1;-2. The normalized spacial score (nSPS) is 11.8. The molecule has 480 valence electrons. The molecule has 0 spiro atoms. The second kappa shape index (κ2) is 28.2. The van der Waals surface area contributed by atoms with Crippen LogP contribution in [0.25, 0.3) is 64.6 Å². The van der Waals surface area contributed by atoms with Gasteiger partial charge in [0.25, 0.3) is 0 Å². The molecule has 5 nitrogen and oxygen atoms in total. The van der Waals surface area contributed by atoms with Gasteiger partial charge in [0, 0.05) is 32.7 Å². The number of alkyl halides is 6. The largest absolute Gasteiger partial charge is 0.860 e. The first-order valence-corrected chi connectivity index (χ1v) is 35.6. The van der Waals surface area contributed by atoms with Gasteiger partial charge in [0.1, 0.15) is 66.0 Å². The van der Waals surface area contributed by atoms with E-state index < -0.39 is 51.1 Å². The summed E-state index contributed by atoms with van der Waals surface area (Å²) in [7, 11) is -8.01. The maximum atomic E-state index is 14.3. The number of ketones is 2. The molecule has 15 aromatic rings. The van der Waals surface area contributed by atoms with Crippen LogP contribution in [-0.2, 0) is 12.4 Å². The maximum Gasteiger partial charge on any atom is 0.416 e. The highest BCUT2D eigenvalue weighted by Gasteiger charge is 2.51. The van der Waals surface area contributed by atoms with Crippen molar-refractivity contribution in [2.75, 3.05) is 12.3 Å². The SMILES string of the molecule is O=C(C[P+](c1ccccc1)(c1ccccc1)c1c2ccccc2cc2cc3ccccc3cc12)c1ccccc1.O=C(C[P+](c1ccccc1)(c1ccccc1)c1c2ccccc2cc2cc3ccccc3cc12)c1ccccc1.[O-]B([O-])Oc1cc(C(F)(F)F)cc(C(F)(F)F)c1. The van der Waals surface area contributed by atoms with Gasteiger partial charge in [-0.15, -0.1) is 0 Å². The summed E-state index contributed by atoms with van der Waals surface area (Å²) in [6.45, 7) is 0. The van der Waals surface area contributed by atoms with E-state index in [-0.39, 0.29) is 29.8 Å². The van der Waals surface area contributed by atoms with Gasteiger partial charge in [0.2, 0.25) is 11.6 Å². The second-order valence-corrected chi connectivity index (χ2v) is 30.6. The molecule has 14 heteroatoms. The number of rotatable bonds is 14. The van der Waals surface area contributed by atoms with Gasteiger partial charge in [-0.25, -0.2) is 0 Å². The number of carbonyl (C=O) groups is 2. The van der Waals surface area contributed by atoms with Gasteiger partial charge >= 0.3 is 12.4 Å². The second-order valence-electron chi connectivity index (χ2n) is 23.7. The summed E-state index contributed by atoms with van der Waals surface area (Å²) < 4.78 is 77.5. The molecule has 0 atom stereocenters. The summed E-state index contributed by atoms with van der Waals surface area (Å²) in [5.74, 6) is -0.737. The molecule has 98 heavy (non-hydrogen) atoms. The highest BCUT2D eigenvalue weighted by Crippen LogP contribution is 2.60. The average molecular weight is 1340 g/mol. The highest BCUT2D eigenvalue weighted by molar-refractivity contribution is 7.97. The molecule has 15 rings (SSSR count). The van der Waals surface area contributed by atoms with Crippen LogP contribution < -0.4 is 46.5 Å². The molecule has 0 amide bonds. The molecule has 0 bridgehead atoms. The number of Topliss-reactive ketones (excluding diaryl/α,β-unsaturated/α-hetero) is 2. The fraction of sp³-hybridized carbons (Fsp3) is 0.0476. The topological polar surface area (TPSA) is 89.5 Å². The molecule has 0 aliphatic rings. The van der Waals surface area contributed by atoms with Crippen LogP contribution >= 0.6 is 14.5 Å². The minimum absolute atomic E-state index is 0.141. The van der Waals surface area contributed by atoms with Crippen LogP contribution in [-0.4, -0.2) is 31.2 Å². The molecule has 0 saturated heterocycles. The lowest BCUT2D eigenvalue weighted by Crippen LogP contribution is -2.50. The molecule has 0 N–H and O–H groups in total. The van der Waals surface area contributed by atoms with Gasteiger partial charge in [-0.1, -0.05) is 231 Å². The third-order valence-electron chi connectivity index (χ3n) is 17.7. The quantitative estimate of drug-likeness (QED) is 0.0356. The molecule has 0 aliphatic carbocycles. The molecule has 0 fully saturated rings. The van der Waals surface area contributed by atoms with Crippen molar-refractivity contribution in [2.24, 2.45) is 0 Å². The lowest BCUT2D eigenvalue weighted by molar-refractivity contribution is -0.372. The zero-order valence-electron chi connectivity index (χ0n) is 52.4.